The molecule has 0 spiro atoms. The van der Waals surface area contributed by atoms with Gasteiger partial charge in [-0.05, 0) is 57.7 Å². The van der Waals surface area contributed by atoms with Gasteiger partial charge in [-0.15, -0.1) is 0 Å². The first-order valence-corrected chi connectivity index (χ1v) is 12.7. The van der Waals surface area contributed by atoms with Crippen LogP contribution in [-0.2, 0) is 0 Å². The van der Waals surface area contributed by atoms with Gasteiger partial charge in [-0.2, -0.15) is 0 Å². The van der Waals surface area contributed by atoms with E-state index in [1.54, 1.807) is 0 Å². The second kappa shape index (κ2) is 30.6. The Hall–Kier alpha value is -0.0800. The van der Waals surface area contributed by atoms with Gasteiger partial charge in [0.1, 0.15) is 0 Å². The molecule has 1 fully saturated rings. The molecule has 0 aromatic rings. The van der Waals surface area contributed by atoms with Crippen molar-refractivity contribution in [2.45, 2.75) is 138 Å². The Labute approximate surface area is 175 Å². The SMILES string of the molecule is CC.CC.CCCCCC(CCC)NCCC.CCNCC1CCCCC1. The van der Waals surface area contributed by atoms with Gasteiger partial charge in [-0.25, -0.2) is 0 Å². The van der Waals surface area contributed by atoms with Crippen molar-refractivity contribution in [1.29, 1.82) is 0 Å². The van der Waals surface area contributed by atoms with Crippen LogP contribution < -0.4 is 10.6 Å². The van der Waals surface area contributed by atoms with E-state index in [4.69, 9.17) is 0 Å². The fourth-order valence-corrected chi connectivity index (χ4v) is 3.43. The van der Waals surface area contributed by atoms with E-state index in [0.29, 0.717) is 0 Å². The molecule has 2 heteroatoms. The van der Waals surface area contributed by atoms with Crippen molar-refractivity contribution >= 4 is 0 Å². The monoisotopic (exact) mass is 386 g/mol. The first-order valence-electron chi connectivity index (χ1n) is 12.7. The Morgan fingerprint density at radius 2 is 1.37 bits per heavy atom. The fourth-order valence-electron chi connectivity index (χ4n) is 3.43. The zero-order chi connectivity index (χ0) is 21.2. The van der Waals surface area contributed by atoms with Gasteiger partial charge in [0, 0.05) is 6.04 Å². The van der Waals surface area contributed by atoms with Crippen molar-refractivity contribution < 1.29 is 0 Å². The first-order chi connectivity index (χ1) is 13.3. The van der Waals surface area contributed by atoms with Gasteiger partial charge in [0.25, 0.3) is 0 Å². The molecule has 0 heterocycles. The van der Waals surface area contributed by atoms with Crippen molar-refractivity contribution in [2.24, 2.45) is 5.92 Å². The molecule has 2 N–H and O–H groups in total. The Balaban J connectivity index is -0.000000366. The van der Waals surface area contributed by atoms with E-state index >= 15 is 0 Å². The predicted molar refractivity (Wildman–Crippen MR) is 129 cm³/mol. The second-order valence-electron chi connectivity index (χ2n) is 7.25. The number of hydrogen-bond acceptors (Lipinski definition) is 2. The van der Waals surface area contributed by atoms with Crippen LogP contribution in [0.15, 0.2) is 0 Å². The number of unbranched alkanes of at least 4 members (excludes halogenated alkanes) is 2. The van der Waals surface area contributed by atoms with Crippen molar-refractivity contribution in [3.05, 3.63) is 0 Å². The van der Waals surface area contributed by atoms with E-state index in [1.165, 1.54) is 90.1 Å². The summed E-state index contributed by atoms with van der Waals surface area (Å²) in [6.45, 7) is 20.6. The molecule has 0 amide bonds. The van der Waals surface area contributed by atoms with Gasteiger partial charge < -0.3 is 10.6 Å². The predicted octanol–water partition coefficient (Wildman–Crippen LogP) is 7.96. The average Bonchev–Trinajstić information content (AvgIpc) is 2.75. The van der Waals surface area contributed by atoms with E-state index in [0.717, 1.165) is 18.5 Å². The summed E-state index contributed by atoms with van der Waals surface area (Å²) in [5.74, 6) is 0.994. The molecule has 1 aliphatic rings. The van der Waals surface area contributed by atoms with Crippen LogP contribution in [0, 0.1) is 5.92 Å². The highest BCUT2D eigenvalue weighted by Gasteiger charge is 2.11. The lowest BCUT2D eigenvalue weighted by molar-refractivity contribution is 0.345. The molecule has 1 unspecified atom stereocenters. The summed E-state index contributed by atoms with van der Waals surface area (Å²) >= 11 is 0. The van der Waals surface area contributed by atoms with Gasteiger partial charge in [0.2, 0.25) is 0 Å². The van der Waals surface area contributed by atoms with Crippen LogP contribution in [0.5, 0.6) is 0 Å². The molecule has 0 aliphatic heterocycles. The maximum absolute atomic E-state index is 3.63. The molecule has 0 aromatic heterocycles. The third-order valence-electron chi connectivity index (χ3n) is 4.88. The lowest BCUT2D eigenvalue weighted by Gasteiger charge is -2.21. The van der Waals surface area contributed by atoms with Gasteiger partial charge in [-0.3, -0.25) is 0 Å². The summed E-state index contributed by atoms with van der Waals surface area (Å²) in [4.78, 5) is 0. The zero-order valence-corrected chi connectivity index (χ0v) is 20.8. The van der Waals surface area contributed by atoms with E-state index < -0.39 is 0 Å². The normalized spacial score (nSPS) is 14.7. The highest BCUT2D eigenvalue weighted by molar-refractivity contribution is 4.67. The molecule has 1 rings (SSSR count). The second-order valence-corrected chi connectivity index (χ2v) is 7.25. The molecule has 0 radical (unpaired) electrons. The maximum atomic E-state index is 3.63. The summed E-state index contributed by atoms with van der Waals surface area (Å²) in [6.07, 6.45) is 16.8. The summed E-state index contributed by atoms with van der Waals surface area (Å²) in [5.41, 5.74) is 0. The summed E-state index contributed by atoms with van der Waals surface area (Å²) in [5, 5.41) is 7.05. The van der Waals surface area contributed by atoms with Gasteiger partial charge in [-0.1, -0.05) is 100 Å². The van der Waals surface area contributed by atoms with E-state index in [2.05, 4.69) is 38.3 Å². The lowest BCUT2D eigenvalue weighted by Crippen LogP contribution is -2.29. The van der Waals surface area contributed by atoms with Crippen molar-refractivity contribution in [3.63, 3.8) is 0 Å². The quantitative estimate of drug-likeness (QED) is 0.332. The standard InChI is InChI=1S/C12H27N.C9H19N.2C2H6/c1-4-7-8-10-12(9-5-2)13-11-6-3;1-2-10-8-9-6-4-3-5-7-9;2*1-2/h12-13H,4-11H2,1-3H3;9-10H,2-8H2,1H3;2*1-2H3. The van der Waals surface area contributed by atoms with Crippen LogP contribution in [0.3, 0.4) is 0 Å². The average molecular weight is 387 g/mol. The van der Waals surface area contributed by atoms with Gasteiger partial charge in [0.15, 0.2) is 0 Å². The van der Waals surface area contributed by atoms with Crippen LogP contribution in [0.1, 0.15) is 132 Å². The third kappa shape index (κ3) is 25.9. The minimum absolute atomic E-state index is 0.788. The number of hydrogen-bond donors (Lipinski definition) is 2. The van der Waals surface area contributed by atoms with Crippen LogP contribution in [0.25, 0.3) is 0 Å². The van der Waals surface area contributed by atoms with Crippen molar-refractivity contribution in [2.75, 3.05) is 19.6 Å². The molecule has 27 heavy (non-hydrogen) atoms. The number of rotatable bonds is 12. The molecule has 1 aliphatic carbocycles. The van der Waals surface area contributed by atoms with E-state index in [9.17, 15) is 0 Å². The molecule has 1 saturated carbocycles. The third-order valence-corrected chi connectivity index (χ3v) is 4.88. The van der Waals surface area contributed by atoms with Crippen LogP contribution >= 0.6 is 0 Å². The van der Waals surface area contributed by atoms with E-state index in [1.807, 2.05) is 27.7 Å². The Bertz CT molecular complexity index is 212. The molecule has 0 aromatic carbocycles. The van der Waals surface area contributed by atoms with Crippen LogP contribution in [0.2, 0.25) is 0 Å². The molecule has 0 bridgehead atoms. The lowest BCUT2D eigenvalue weighted by atomic mass is 9.89. The summed E-state index contributed by atoms with van der Waals surface area (Å²) in [7, 11) is 0. The maximum Gasteiger partial charge on any atom is 0.00669 e. The summed E-state index contributed by atoms with van der Waals surface area (Å²) in [6, 6.07) is 0.788. The smallest absolute Gasteiger partial charge is 0.00669 e. The molecular weight excluding hydrogens is 328 g/mol. The highest BCUT2D eigenvalue weighted by Crippen LogP contribution is 2.22. The Kier molecular flexibility index (Phi) is 35.9. The first kappa shape index (κ1) is 31.6. The Morgan fingerprint density at radius 1 is 0.741 bits per heavy atom. The minimum atomic E-state index is 0.788. The molecular formula is C25H58N2. The number of nitrogens with one attached hydrogen (secondary N) is 2. The van der Waals surface area contributed by atoms with Gasteiger partial charge in [0.05, 0.1) is 0 Å². The Morgan fingerprint density at radius 3 is 1.85 bits per heavy atom. The van der Waals surface area contributed by atoms with Crippen molar-refractivity contribution in [3.8, 4) is 0 Å². The topological polar surface area (TPSA) is 24.1 Å². The van der Waals surface area contributed by atoms with Crippen LogP contribution in [0.4, 0.5) is 0 Å². The molecule has 0 saturated heterocycles. The van der Waals surface area contributed by atoms with Crippen LogP contribution in [-0.4, -0.2) is 25.7 Å². The summed E-state index contributed by atoms with van der Waals surface area (Å²) < 4.78 is 0. The highest BCUT2D eigenvalue weighted by atomic mass is 14.9. The molecule has 2 nitrogen and oxygen atoms in total. The molecule has 168 valence electrons. The zero-order valence-electron chi connectivity index (χ0n) is 20.8. The molecule has 1 atom stereocenters. The van der Waals surface area contributed by atoms with Crippen molar-refractivity contribution in [1.82, 2.24) is 10.6 Å². The minimum Gasteiger partial charge on any atom is -0.317 e. The van der Waals surface area contributed by atoms with Gasteiger partial charge >= 0.3 is 0 Å². The fraction of sp³-hybridized carbons (Fsp3) is 1.00. The largest absolute Gasteiger partial charge is 0.317 e. The van der Waals surface area contributed by atoms with E-state index in [-0.39, 0.29) is 0 Å².